The summed E-state index contributed by atoms with van der Waals surface area (Å²) in [5, 5.41) is 10.0. The Morgan fingerprint density at radius 1 is 1.20 bits per heavy atom. The summed E-state index contributed by atoms with van der Waals surface area (Å²) in [6.45, 7) is 7.04. The van der Waals surface area contributed by atoms with Gasteiger partial charge in [-0.2, -0.15) is 0 Å². The molecule has 0 saturated carbocycles. The number of hydrogen-bond acceptors (Lipinski definition) is 5. The van der Waals surface area contributed by atoms with Crippen LogP contribution in [-0.4, -0.2) is 43.3 Å². The largest absolute Gasteiger partial charge is 0.425 e. The minimum absolute atomic E-state index is 0.589. The topological polar surface area (TPSA) is 73.1 Å². The van der Waals surface area contributed by atoms with Gasteiger partial charge in [-0.1, -0.05) is 0 Å². The molecule has 1 N–H and O–H groups in total. The maximum Gasteiger partial charge on any atom is 0.353 e. The summed E-state index contributed by atoms with van der Waals surface area (Å²) >= 11 is 0. The molecule has 0 aromatic carbocycles. The van der Waals surface area contributed by atoms with Gasteiger partial charge in [0.2, 0.25) is 0 Å². The van der Waals surface area contributed by atoms with Gasteiger partial charge >= 0.3 is 7.48 Å². The second-order valence-corrected chi connectivity index (χ2v) is 5.57. The van der Waals surface area contributed by atoms with Crippen LogP contribution in [0.25, 0.3) is 5.82 Å². The molecule has 0 spiro atoms. The van der Waals surface area contributed by atoms with E-state index in [-0.39, 0.29) is 0 Å². The Kier molecular flexibility index (Phi) is 3.92. The zero-order chi connectivity index (χ0) is 14.8. The average Bonchev–Trinajstić information content (AvgIpc) is 2.89. The highest BCUT2D eigenvalue weighted by Crippen LogP contribution is 2.24. The molecule has 6 nitrogen and oxygen atoms in total. The van der Waals surface area contributed by atoms with E-state index in [1.165, 1.54) is 7.48 Å². The zero-order valence-corrected chi connectivity index (χ0v) is 12.1. The minimum atomic E-state index is -0.965. The van der Waals surface area contributed by atoms with Gasteiger partial charge in [0, 0.05) is 18.6 Å². The van der Waals surface area contributed by atoms with E-state index >= 15 is 0 Å². The Hall–Kier alpha value is -1.73. The molecule has 7 heteroatoms. The molecule has 0 aliphatic heterocycles. The van der Waals surface area contributed by atoms with Crippen molar-refractivity contribution in [2.75, 3.05) is 0 Å². The molecule has 0 aliphatic rings. The molecule has 0 bridgehead atoms. The van der Waals surface area contributed by atoms with Crippen LogP contribution in [-0.2, 0) is 4.65 Å². The molecular weight excluding hydrogens is 255 g/mol. The monoisotopic (exact) mass is 273 g/mol. The maximum absolute atomic E-state index is 10.0. The van der Waals surface area contributed by atoms with Gasteiger partial charge in [0.15, 0.2) is 5.82 Å². The molecule has 0 aliphatic carbocycles. The molecular formula is C13H18BN4O2. The van der Waals surface area contributed by atoms with Crippen molar-refractivity contribution < 1.29 is 9.76 Å². The zero-order valence-electron chi connectivity index (χ0n) is 12.1. The predicted octanol–water partition coefficient (Wildman–Crippen LogP) is 0.473. The van der Waals surface area contributed by atoms with Crippen LogP contribution in [0.1, 0.15) is 27.7 Å². The number of aromatic nitrogens is 4. The van der Waals surface area contributed by atoms with Gasteiger partial charge < -0.3 is 9.76 Å². The first-order valence-corrected chi connectivity index (χ1v) is 6.33. The van der Waals surface area contributed by atoms with Crippen molar-refractivity contribution >= 4 is 13.1 Å². The van der Waals surface area contributed by atoms with Gasteiger partial charge in [0.05, 0.1) is 23.0 Å². The first-order chi connectivity index (χ1) is 9.29. The molecule has 0 amide bonds. The first kappa shape index (κ1) is 14.7. The van der Waals surface area contributed by atoms with Crippen molar-refractivity contribution in [1.29, 1.82) is 0 Å². The van der Waals surface area contributed by atoms with Crippen LogP contribution in [0.15, 0.2) is 31.1 Å². The standard InChI is InChI=1S/C13H18BN4O2/c1-12(2,19)13(3,4)20-14-10-7-17-11(8-16-10)18-6-5-15-9-18/h5-9,19H,1-4H3. The third-order valence-electron chi connectivity index (χ3n) is 3.37. The number of rotatable bonds is 5. The van der Waals surface area contributed by atoms with Crippen LogP contribution in [0, 0.1) is 0 Å². The van der Waals surface area contributed by atoms with Crippen molar-refractivity contribution in [2.24, 2.45) is 0 Å². The highest BCUT2D eigenvalue weighted by molar-refractivity contribution is 6.45. The predicted molar refractivity (Wildman–Crippen MR) is 76.0 cm³/mol. The fourth-order valence-electron chi connectivity index (χ4n) is 1.27. The summed E-state index contributed by atoms with van der Waals surface area (Å²) in [7, 11) is 1.50. The Labute approximate surface area is 119 Å². The summed E-state index contributed by atoms with van der Waals surface area (Å²) in [5.41, 5.74) is -1.10. The SMILES string of the molecule is CC(C)(O)C(C)(C)O[B]c1cnc(-n2ccnc2)cn1. The number of hydrogen-bond donors (Lipinski definition) is 1. The summed E-state index contributed by atoms with van der Waals surface area (Å²) in [5.74, 6) is 0.682. The van der Waals surface area contributed by atoms with E-state index in [0.717, 1.165) is 0 Å². The second-order valence-electron chi connectivity index (χ2n) is 5.57. The van der Waals surface area contributed by atoms with Crippen molar-refractivity contribution in [3.8, 4) is 5.82 Å². The lowest BCUT2D eigenvalue weighted by molar-refractivity contribution is -0.0893. The van der Waals surface area contributed by atoms with Gasteiger partial charge in [-0.3, -0.25) is 9.55 Å². The van der Waals surface area contributed by atoms with E-state index in [1.807, 2.05) is 13.8 Å². The van der Waals surface area contributed by atoms with Gasteiger partial charge in [-0.05, 0) is 27.7 Å². The number of imidazole rings is 1. The molecule has 1 radical (unpaired) electrons. The van der Waals surface area contributed by atoms with Crippen molar-refractivity contribution in [3.05, 3.63) is 31.1 Å². The Morgan fingerprint density at radius 2 is 1.95 bits per heavy atom. The minimum Gasteiger partial charge on any atom is -0.425 e. The Morgan fingerprint density at radius 3 is 2.45 bits per heavy atom. The van der Waals surface area contributed by atoms with Crippen molar-refractivity contribution in [2.45, 2.75) is 38.9 Å². The van der Waals surface area contributed by atoms with Crippen molar-refractivity contribution in [1.82, 2.24) is 19.5 Å². The van der Waals surface area contributed by atoms with Crippen LogP contribution in [0.3, 0.4) is 0 Å². The lowest BCUT2D eigenvalue weighted by Gasteiger charge is -2.37. The first-order valence-electron chi connectivity index (χ1n) is 6.33. The maximum atomic E-state index is 10.0. The number of nitrogens with zero attached hydrogens (tertiary/aromatic N) is 4. The average molecular weight is 273 g/mol. The highest BCUT2D eigenvalue weighted by Gasteiger charge is 2.35. The second kappa shape index (κ2) is 5.34. The molecule has 0 atom stereocenters. The third kappa shape index (κ3) is 3.23. The fourth-order valence-corrected chi connectivity index (χ4v) is 1.27. The molecule has 2 aromatic heterocycles. The summed E-state index contributed by atoms with van der Waals surface area (Å²) in [6, 6.07) is 0. The molecule has 2 rings (SSSR count). The summed E-state index contributed by atoms with van der Waals surface area (Å²) in [4.78, 5) is 12.5. The van der Waals surface area contributed by atoms with Crippen molar-refractivity contribution in [3.63, 3.8) is 0 Å². The lowest BCUT2D eigenvalue weighted by Crippen LogP contribution is -2.49. The van der Waals surface area contributed by atoms with Gasteiger partial charge in [-0.25, -0.2) is 9.97 Å². The smallest absolute Gasteiger partial charge is 0.353 e. The lowest BCUT2D eigenvalue weighted by atomic mass is 9.85. The van der Waals surface area contributed by atoms with E-state index in [9.17, 15) is 5.11 Å². The molecule has 105 valence electrons. The van der Waals surface area contributed by atoms with E-state index in [0.29, 0.717) is 11.4 Å². The van der Waals surface area contributed by atoms with Gasteiger partial charge in [0.1, 0.15) is 6.33 Å². The molecule has 0 fully saturated rings. The molecule has 2 heterocycles. The Bertz CT molecular complexity index is 547. The summed E-state index contributed by atoms with van der Waals surface area (Å²) < 4.78 is 7.38. The van der Waals surface area contributed by atoms with E-state index in [1.54, 1.807) is 49.5 Å². The van der Waals surface area contributed by atoms with E-state index < -0.39 is 11.2 Å². The van der Waals surface area contributed by atoms with Crippen LogP contribution < -0.4 is 5.59 Å². The van der Waals surface area contributed by atoms with E-state index in [2.05, 4.69) is 15.0 Å². The molecule has 20 heavy (non-hydrogen) atoms. The van der Waals surface area contributed by atoms with Crippen LogP contribution in [0.4, 0.5) is 0 Å². The van der Waals surface area contributed by atoms with Gasteiger partial charge in [-0.15, -0.1) is 0 Å². The van der Waals surface area contributed by atoms with Crippen LogP contribution >= 0.6 is 0 Å². The number of aliphatic hydroxyl groups is 1. The quantitative estimate of drug-likeness (QED) is 0.802. The highest BCUT2D eigenvalue weighted by atomic mass is 16.5. The fraction of sp³-hybridized carbons (Fsp3) is 0.462. The van der Waals surface area contributed by atoms with Gasteiger partial charge in [0.25, 0.3) is 0 Å². The summed E-state index contributed by atoms with van der Waals surface area (Å²) in [6.07, 6.45) is 8.36. The van der Waals surface area contributed by atoms with Crippen LogP contribution in [0.5, 0.6) is 0 Å². The van der Waals surface area contributed by atoms with Crippen LogP contribution in [0.2, 0.25) is 0 Å². The molecule has 2 aromatic rings. The molecule has 0 unspecified atom stereocenters. The Balaban J connectivity index is 2.02. The van der Waals surface area contributed by atoms with E-state index in [4.69, 9.17) is 4.65 Å². The molecule has 0 saturated heterocycles. The third-order valence-corrected chi connectivity index (χ3v) is 3.37. The normalized spacial score (nSPS) is 12.4.